The lowest BCUT2D eigenvalue weighted by Gasteiger charge is -2.01. The Morgan fingerprint density at radius 1 is 1.24 bits per heavy atom. The first-order valence-corrected chi connectivity index (χ1v) is 6.13. The maximum Gasteiger partial charge on any atom is 0.159 e. The van der Waals surface area contributed by atoms with Crippen LogP contribution in [0.3, 0.4) is 0 Å². The van der Waals surface area contributed by atoms with Gasteiger partial charge in [0.2, 0.25) is 0 Å². The average Bonchev–Trinajstić information content (AvgIpc) is 2.69. The highest BCUT2D eigenvalue weighted by atomic mass is 127. The van der Waals surface area contributed by atoms with Crippen molar-refractivity contribution >= 4 is 33.6 Å². The first-order valence-electron chi connectivity index (χ1n) is 5.05. The summed E-state index contributed by atoms with van der Waals surface area (Å²) in [5.74, 6) is 0. The van der Waals surface area contributed by atoms with Crippen molar-refractivity contribution in [2.45, 2.75) is 6.54 Å². The molecule has 0 aliphatic rings. The first kappa shape index (κ1) is 10.6. The summed E-state index contributed by atoms with van der Waals surface area (Å²) in [6, 6.07) is 3.94. The lowest BCUT2D eigenvalue weighted by Crippen LogP contribution is -2.03. The molecule has 0 N–H and O–H groups in total. The van der Waals surface area contributed by atoms with Crippen molar-refractivity contribution < 1.29 is 0 Å². The number of halogens is 1. The van der Waals surface area contributed by atoms with Crippen LogP contribution in [0.15, 0.2) is 37.1 Å². The Morgan fingerprint density at radius 2 is 2.06 bits per heavy atom. The first-order chi connectivity index (χ1) is 8.34. The van der Waals surface area contributed by atoms with Gasteiger partial charge in [0, 0.05) is 24.2 Å². The Balaban J connectivity index is 2.07. The third kappa shape index (κ3) is 1.99. The van der Waals surface area contributed by atoms with Gasteiger partial charge in [-0.05, 0) is 34.7 Å². The molecule has 0 amide bonds. The molecule has 3 aromatic rings. The van der Waals surface area contributed by atoms with E-state index in [1.165, 1.54) is 6.33 Å². The number of hydrogen-bond donors (Lipinski definition) is 0. The molecule has 0 aromatic carbocycles. The Bertz CT molecular complexity index is 649. The molecule has 0 aliphatic heterocycles. The summed E-state index contributed by atoms with van der Waals surface area (Å²) in [4.78, 5) is 12.3. The van der Waals surface area contributed by atoms with Gasteiger partial charge in [-0.1, -0.05) is 0 Å². The maximum absolute atomic E-state index is 4.47. The molecule has 0 aliphatic carbocycles. The fourth-order valence-electron chi connectivity index (χ4n) is 1.67. The zero-order chi connectivity index (χ0) is 11.7. The summed E-state index contributed by atoms with van der Waals surface area (Å²) in [5.41, 5.74) is 1.90. The van der Waals surface area contributed by atoms with Gasteiger partial charge in [-0.15, -0.1) is 0 Å². The minimum Gasteiger partial charge on any atom is -0.244 e. The van der Waals surface area contributed by atoms with Crippen LogP contribution in [-0.4, -0.2) is 24.7 Å². The van der Waals surface area contributed by atoms with Crippen LogP contribution in [0.4, 0.5) is 0 Å². The van der Waals surface area contributed by atoms with E-state index in [0.717, 1.165) is 20.3 Å². The molecule has 5 nitrogen and oxygen atoms in total. The highest BCUT2D eigenvalue weighted by Gasteiger charge is 2.08. The summed E-state index contributed by atoms with van der Waals surface area (Å²) in [5, 5.41) is 5.54. The molecule has 3 aromatic heterocycles. The molecule has 0 radical (unpaired) electrons. The summed E-state index contributed by atoms with van der Waals surface area (Å²) in [7, 11) is 0. The summed E-state index contributed by atoms with van der Waals surface area (Å²) >= 11 is 2.22. The van der Waals surface area contributed by atoms with Crippen molar-refractivity contribution in [3.05, 3.63) is 46.3 Å². The van der Waals surface area contributed by atoms with Gasteiger partial charge in [-0.3, -0.25) is 0 Å². The van der Waals surface area contributed by atoms with Crippen LogP contribution in [0.5, 0.6) is 0 Å². The van der Waals surface area contributed by atoms with Gasteiger partial charge in [0.05, 0.1) is 11.9 Å². The van der Waals surface area contributed by atoms with Crippen LogP contribution in [0.25, 0.3) is 11.0 Å². The van der Waals surface area contributed by atoms with Crippen molar-refractivity contribution in [3.63, 3.8) is 0 Å². The van der Waals surface area contributed by atoms with Crippen molar-refractivity contribution in [1.29, 1.82) is 0 Å². The van der Waals surface area contributed by atoms with E-state index in [0.29, 0.717) is 6.54 Å². The van der Waals surface area contributed by atoms with Crippen molar-refractivity contribution in [2.24, 2.45) is 0 Å². The van der Waals surface area contributed by atoms with Gasteiger partial charge >= 0.3 is 0 Å². The monoisotopic (exact) mass is 337 g/mol. The van der Waals surface area contributed by atoms with Crippen molar-refractivity contribution in [2.75, 3.05) is 0 Å². The van der Waals surface area contributed by atoms with Crippen LogP contribution in [0.1, 0.15) is 5.56 Å². The quantitative estimate of drug-likeness (QED) is 0.670. The molecule has 0 saturated heterocycles. The van der Waals surface area contributed by atoms with E-state index < -0.39 is 0 Å². The molecule has 17 heavy (non-hydrogen) atoms. The fourth-order valence-corrected chi connectivity index (χ4v) is 2.35. The number of rotatable bonds is 2. The van der Waals surface area contributed by atoms with Crippen molar-refractivity contribution in [1.82, 2.24) is 24.7 Å². The maximum atomic E-state index is 4.47. The van der Waals surface area contributed by atoms with Crippen LogP contribution >= 0.6 is 22.6 Å². The molecule has 0 unspecified atom stereocenters. The molecule has 0 saturated carbocycles. The number of aromatic nitrogens is 5. The van der Waals surface area contributed by atoms with Crippen molar-refractivity contribution in [3.8, 4) is 0 Å². The Morgan fingerprint density at radius 3 is 2.88 bits per heavy atom. The van der Waals surface area contributed by atoms with E-state index >= 15 is 0 Å². The van der Waals surface area contributed by atoms with Gasteiger partial charge in [0.1, 0.15) is 10.0 Å². The summed E-state index contributed by atoms with van der Waals surface area (Å²) in [6.45, 7) is 0.636. The molecule has 0 fully saturated rings. The van der Waals surface area contributed by atoms with E-state index in [2.05, 4.69) is 42.6 Å². The minimum absolute atomic E-state index is 0.636. The van der Waals surface area contributed by atoms with Crippen LogP contribution < -0.4 is 0 Å². The molecule has 0 spiro atoms. The highest BCUT2D eigenvalue weighted by molar-refractivity contribution is 14.1. The third-order valence-electron chi connectivity index (χ3n) is 2.41. The Hall–Kier alpha value is -1.57. The molecule has 3 rings (SSSR count). The van der Waals surface area contributed by atoms with E-state index in [1.54, 1.807) is 18.6 Å². The second-order valence-electron chi connectivity index (χ2n) is 3.57. The van der Waals surface area contributed by atoms with Gasteiger partial charge in [-0.25, -0.2) is 19.6 Å². The molecular weight excluding hydrogens is 329 g/mol. The summed E-state index contributed by atoms with van der Waals surface area (Å²) < 4.78 is 2.83. The topological polar surface area (TPSA) is 56.5 Å². The van der Waals surface area contributed by atoms with E-state index in [9.17, 15) is 0 Å². The van der Waals surface area contributed by atoms with E-state index in [4.69, 9.17) is 0 Å². The third-order valence-corrected chi connectivity index (χ3v) is 3.21. The minimum atomic E-state index is 0.636. The number of fused-ring (bicyclic) bond motifs is 1. The average molecular weight is 337 g/mol. The predicted molar refractivity (Wildman–Crippen MR) is 71.4 cm³/mol. The highest BCUT2D eigenvalue weighted by Crippen LogP contribution is 2.18. The van der Waals surface area contributed by atoms with Gasteiger partial charge in [0.25, 0.3) is 0 Å². The molecule has 0 atom stereocenters. The SMILES string of the molecule is Ic1nn(Cc2cncnc2)c2ncccc12. The number of hydrogen-bond acceptors (Lipinski definition) is 4. The van der Waals surface area contributed by atoms with Crippen LogP contribution in [0, 0.1) is 3.70 Å². The van der Waals surface area contributed by atoms with E-state index in [1.807, 2.05) is 16.8 Å². The summed E-state index contributed by atoms with van der Waals surface area (Å²) in [6.07, 6.45) is 6.87. The predicted octanol–water partition coefficient (Wildman–Crippen LogP) is 1.87. The standard InChI is InChI=1S/C11H8IN5/c12-10-9-2-1-3-15-11(9)17(16-10)6-8-4-13-7-14-5-8/h1-5,7H,6H2. The smallest absolute Gasteiger partial charge is 0.159 e. The normalized spacial score (nSPS) is 10.9. The largest absolute Gasteiger partial charge is 0.244 e. The lowest BCUT2D eigenvalue weighted by atomic mass is 10.3. The fraction of sp³-hybridized carbons (Fsp3) is 0.0909. The van der Waals surface area contributed by atoms with Crippen LogP contribution in [0.2, 0.25) is 0 Å². The van der Waals surface area contributed by atoms with Gasteiger partial charge < -0.3 is 0 Å². The van der Waals surface area contributed by atoms with E-state index in [-0.39, 0.29) is 0 Å². The molecule has 3 heterocycles. The van der Waals surface area contributed by atoms with Crippen LogP contribution in [-0.2, 0) is 6.54 Å². The molecule has 6 heteroatoms. The van der Waals surface area contributed by atoms with Gasteiger partial charge in [-0.2, -0.15) is 5.10 Å². The van der Waals surface area contributed by atoms with Gasteiger partial charge in [0.15, 0.2) is 5.65 Å². The number of pyridine rings is 1. The zero-order valence-corrected chi connectivity index (χ0v) is 10.9. The lowest BCUT2D eigenvalue weighted by molar-refractivity contribution is 0.693. The second kappa shape index (κ2) is 4.36. The molecule has 0 bridgehead atoms. The Kier molecular flexibility index (Phi) is 2.71. The second-order valence-corrected chi connectivity index (χ2v) is 4.59. The molecule has 84 valence electrons. The number of nitrogens with zero attached hydrogens (tertiary/aromatic N) is 5. The molecular formula is C11H8IN5. The zero-order valence-electron chi connectivity index (χ0n) is 8.79. The Labute approximate surface area is 111 Å².